The third-order valence-electron chi connectivity index (χ3n) is 6.14. The fourth-order valence-electron chi connectivity index (χ4n) is 4.36. The van der Waals surface area contributed by atoms with Crippen molar-refractivity contribution in [2.24, 2.45) is 0 Å². The first-order valence-electron chi connectivity index (χ1n) is 12.0. The molecule has 1 aliphatic heterocycles. The van der Waals surface area contributed by atoms with Gasteiger partial charge in [-0.05, 0) is 47.4 Å². The van der Waals surface area contributed by atoms with Crippen molar-refractivity contribution in [3.63, 3.8) is 0 Å². The Morgan fingerprint density at radius 2 is 1.73 bits per heavy atom. The van der Waals surface area contributed by atoms with E-state index in [0.29, 0.717) is 39.6 Å². The Balaban J connectivity index is 1.62. The fourth-order valence-corrected chi connectivity index (χ4v) is 5.71. The maximum Gasteiger partial charge on any atom is 0.375 e. The van der Waals surface area contributed by atoms with E-state index in [-0.39, 0.29) is 11.8 Å². The SMILES string of the molecule is CCC(=Cc1oc2ccc(-c3ccccc3)cc2[n+]1CS(=O)(=O)O)C=C1Oc2ccc(Cl)cc2N1CS(=O)(=O)O. The van der Waals surface area contributed by atoms with Crippen LogP contribution in [0.1, 0.15) is 19.2 Å². The predicted molar refractivity (Wildman–Crippen MR) is 151 cm³/mol. The van der Waals surface area contributed by atoms with Crippen LogP contribution in [0.4, 0.5) is 5.69 Å². The second-order valence-electron chi connectivity index (χ2n) is 9.04. The second-order valence-corrected chi connectivity index (χ2v) is 12.3. The van der Waals surface area contributed by atoms with Gasteiger partial charge in [-0.15, -0.1) is 4.57 Å². The lowest BCUT2D eigenvalue weighted by Gasteiger charge is -2.16. The number of benzene rings is 3. The molecule has 0 saturated heterocycles. The first-order chi connectivity index (χ1) is 18.9. The number of halogens is 1. The van der Waals surface area contributed by atoms with E-state index in [1.807, 2.05) is 43.3 Å². The molecule has 40 heavy (non-hydrogen) atoms. The van der Waals surface area contributed by atoms with Gasteiger partial charge in [0, 0.05) is 17.2 Å². The average molecular weight is 604 g/mol. The lowest BCUT2D eigenvalue weighted by atomic mass is 10.1. The van der Waals surface area contributed by atoms with E-state index in [0.717, 1.165) is 11.1 Å². The summed E-state index contributed by atoms with van der Waals surface area (Å²) < 4.78 is 79.9. The highest BCUT2D eigenvalue weighted by molar-refractivity contribution is 7.85. The maximum atomic E-state index is 12.0. The van der Waals surface area contributed by atoms with Gasteiger partial charge in [0.2, 0.25) is 11.5 Å². The Labute approximate surface area is 235 Å². The Morgan fingerprint density at radius 3 is 2.40 bits per heavy atom. The van der Waals surface area contributed by atoms with Crippen LogP contribution in [-0.2, 0) is 26.1 Å². The first kappa shape index (κ1) is 27.9. The molecule has 0 unspecified atom stereocenters. The van der Waals surface area contributed by atoms with Crippen LogP contribution in [0.2, 0.25) is 5.02 Å². The molecule has 208 valence electrons. The molecule has 10 nitrogen and oxygen atoms in total. The summed E-state index contributed by atoms with van der Waals surface area (Å²) in [5.74, 6) is -0.960. The van der Waals surface area contributed by atoms with E-state index >= 15 is 0 Å². The smallest absolute Gasteiger partial charge is 0.375 e. The molecule has 1 aromatic heterocycles. The molecule has 4 aromatic rings. The van der Waals surface area contributed by atoms with Crippen LogP contribution in [0, 0.1) is 0 Å². The van der Waals surface area contributed by atoms with Crippen LogP contribution in [0.5, 0.6) is 5.75 Å². The summed E-state index contributed by atoms with van der Waals surface area (Å²) in [6.45, 7) is 1.83. The minimum Gasteiger partial charge on any atom is -0.439 e. The summed E-state index contributed by atoms with van der Waals surface area (Å²) in [4.78, 5) is 1.26. The molecule has 0 amide bonds. The molecule has 0 radical (unpaired) electrons. The standard InChI is InChI=1S/C27H23ClN2O8S2/c1-2-18(13-27-30(17-40(34,35)36)23-15-21(28)9-11-25(23)38-27)12-26-29(16-39(31,32)33)22-14-20(8-10-24(22)37-26)19-6-4-3-5-7-19/h3-15H,2,16-17H2,1H3,(H-,31,32,33,34,35,36)/p+1. The summed E-state index contributed by atoms with van der Waals surface area (Å²) in [6.07, 6.45) is 3.53. The largest absolute Gasteiger partial charge is 0.439 e. The van der Waals surface area contributed by atoms with E-state index in [1.54, 1.807) is 36.4 Å². The number of ether oxygens (including phenoxy) is 1. The minimum atomic E-state index is -4.45. The summed E-state index contributed by atoms with van der Waals surface area (Å²) >= 11 is 6.10. The Bertz CT molecular complexity index is 1880. The predicted octanol–water partition coefficient (Wildman–Crippen LogP) is 5.27. The molecular formula is C27H24ClN2O8S2+. The van der Waals surface area contributed by atoms with E-state index in [4.69, 9.17) is 20.8 Å². The average Bonchev–Trinajstić information content (AvgIpc) is 3.38. The third kappa shape index (κ3) is 6.21. The van der Waals surface area contributed by atoms with Crippen molar-refractivity contribution in [3.05, 3.63) is 95.2 Å². The minimum absolute atomic E-state index is 0.104. The molecule has 2 heterocycles. The van der Waals surface area contributed by atoms with Gasteiger partial charge in [-0.1, -0.05) is 54.9 Å². The van der Waals surface area contributed by atoms with E-state index in [2.05, 4.69) is 0 Å². The van der Waals surface area contributed by atoms with Gasteiger partial charge in [0.15, 0.2) is 11.6 Å². The van der Waals surface area contributed by atoms with Crippen LogP contribution < -0.4 is 14.2 Å². The van der Waals surface area contributed by atoms with E-state index in [1.165, 1.54) is 15.5 Å². The monoisotopic (exact) mass is 603 g/mol. The van der Waals surface area contributed by atoms with Gasteiger partial charge in [0.1, 0.15) is 0 Å². The van der Waals surface area contributed by atoms with Gasteiger partial charge in [-0.25, -0.2) is 0 Å². The zero-order valence-corrected chi connectivity index (χ0v) is 23.4. The molecule has 0 bridgehead atoms. The first-order valence-corrected chi connectivity index (χ1v) is 15.6. The molecule has 0 spiro atoms. The van der Waals surface area contributed by atoms with Gasteiger partial charge < -0.3 is 9.15 Å². The van der Waals surface area contributed by atoms with Gasteiger partial charge in [-0.3, -0.25) is 14.0 Å². The summed E-state index contributed by atoms with van der Waals surface area (Å²) in [5, 5.41) is 0.346. The number of nitrogens with zero attached hydrogens (tertiary/aromatic N) is 2. The number of aromatic nitrogens is 1. The number of oxazole rings is 1. The topological polar surface area (TPSA) is 138 Å². The van der Waals surface area contributed by atoms with Gasteiger partial charge >= 0.3 is 16.0 Å². The van der Waals surface area contributed by atoms with Crippen LogP contribution in [0.3, 0.4) is 0 Å². The highest BCUT2D eigenvalue weighted by Gasteiger charge is 2.31. The maximum absolute atomic E-state index is 12.0. The van der Waals surface area contributed by atoms with Crippen LogP contribution in [-0.4, -0.2) is 31.8 Å². The van der Waals surface area contributed by atoms with Gasteiger partial charge in [0.05, 0.1) is 11.8 Å². The Hall–Kier alpha value is -3.68. The fraction of sp³-hybridized carbons (Fsp3) is 0.148. The van der Waals surface area contributed by atoms with Crippen LogP contribution >= 0.6 is 11.6 Å². The van der Waals surface area contributed by atoms with Crippen molar-refractivity contribution in [2.45, 2.75) is 19.2 Å². The van der Waals surface area contributed by atoms with E-state index < -0.39 is 32.0 Å². The van der Waals surface area contributed by atoms with Crippen LogP contribution in [0.25, 0.3) is 28.3 Å². The zero-order valence-electron chi connectivity index (χ0n) is 21.1. The number of anilines is 1. The molecule has 3 aromatic carbocycles. The molecule has 1 aliphatic rings. The number of hydrogen-bond acceptors (Lipinski definition) is 7. The molecule has 0 atom stereocenters. The molecule has 0 aliphatic carbocycles. The highest BCUT2D eigenvalue weighted by Crippen LogP contribution is 2.41. The molecule has 13 heteroatoms. The number of allylic oxidation sites excluding steroid dienone is 2. The number of fused-ring (bicyclic) bond motifs is 2. The number of rotatable bonds is 8. The molecule has 0 saturated carbocycles. The third-order valence-corrected chi connectivity index (χ3v) is 7.54. The Morgan fingerprint density at radius 1 is 0.975 bits per heavy atom. The molecule has 2 N–H and O–H groups in total. The highest BCUT2D eigenvalue weighted by atomic mass is 35.5. The lowest BCUT2D eigenvalue weighted by molar-refractivity contribution is -0.658. The lowest BCUT2D eigenvalue weighted by Crippen LogP contribution is -2.39. The van der Waals surface area contributed by atoms with Crippen molar-refractivity contribution in [3.8, 4) is 16.9 Å². The van der Waals surface area contributed by atoms with Gasteiger partial charge in [-0.2, -0.15) is 16.8 Å². The summed E-state index contributed by atoms with van der Waals surface area (Å²) in [7, 11) is -8.90. The van der Waals surface area contributed by atoms with Crippen LogP contribution in [0.15, 0.2) is 88.7 Å². The molecular weight excluding hydrogens is 580 g/mol. The summed E-state index contributed by atoms with van der Waals surface area (Å²) in [5.41, 5.74) is 3.50. The van der Waals surface area contributed by atoms with Crippen molar-refractivity contribution in [1.82, 2.24) is 0 Å². The van der Waals surface area contributed by atoms with Crippen molar-refractivity contribution in [2.75, 3.05) is 10.8 Å². The summed E-state index contributed by atoms with van der Waals surface area (Å²) in [6, 6.07) is 19.5. The van der Waals surface area contributed by atoms with Crippen molar-refractivity contribution < 1.29 is 39.7 Å². The second kappa shape index (κ2) is 10.7. The number of hydrogen-bond donors (Lipinski definition) is 2. The molecule has 0 fully saturated rings. The quantitative estimate of drug-likeness (QED) is 0.204. The Kier molecular flexibility index (Phi) is 7.46. The molecule has 5 rings (SSSR count). The van der Waals surface area contributed by atoms with E-state index in [9.17, 15) is 25.9 Å². The van der Waals surface area contributed by atoms with Crippen molar-refractivity contribution in [1.29, 1.82) is 0 Å². The van der Waals surface area contributed by atoms with Crippen molar-refractivity contribution >= 4 is 54.7 Å². The van der Waals surface area contributed by atoms with Gasteiger partial charge in [0.25, 0.3) is 21.5 Å². The normalized spacial score (nSPS) is 15.1. The zero-order chi connectivity index (χ0) is 28.7.